The second-order valence-electron chi connectivity index (χ2n) is 6.44. The predicted octanol–water partition coefficient (Wildman–Crippen LogP) is 5.93. The van der Waals surface area contributed by atoms with Crippen LogP contribution in [0, 0.1) is 6.92 Å². The van der Waals surface area contributed by atoms with E-state index in [1.807, 2.05) is 0 Å². The first-order chi connectivity index (χ1) is 14.6. The van der Waals surface area contributed by atoms with Gasteiger partial charge in [-0.15, -0.1) is 0 Å². The van der Waals surface area contributed by atoms with Crippen molar-refractivity contribution in [2.45, 2.75) is 19.7 Å². The van der Waals surface area contributed by atoms with Gasteiger partial charge in [-0.1, -0.05) is 29.3 Å². The minimum absolute atomic E-state index is 0.0324. The number of hydrogen-bond acceptors (Lipinski definition) is 5. The van der Waals surface area contributed by atoms with E-state index in [2.05, 4.69) is 9.97 Å². The monoisotopic (exact) mass is 470 g/mol. The van der Waals surface area contributed by atoms with Crippen LogP contribution in [0.1, 0.15) is 32.7 Å². The zero-order valence-electron chi connectivity index (χ0n) is 16.3. The van der Waals surface area contributed by atoms with E-state index in [1.54, 1.807) is 6.92 Å². The number of ether oxygens (including phenoxy) is 2. The van der Waals surface area contributed by atoms with Gasteiger partial charge in [0.15, 0.2) is 0 Å². The summed E-state index contributed by atoms with van der Waals surface area (Å²) in [6.45, 7) is 1.42. The lowest BCUT2D eigenvalue weighted by Crippen LogP contribution is -2.11. The molecule has 2 aromatic heterocycles. The van der Waals surface area contributed by atoms with E-state index in [4.69, 9.17) is 32.7 Å². The van der Waals surface area contributed by atoms with E-state index in [0.717, 1.165) is 12.1 Å². The molecule has 31 heavy (non-hydrogen) atoms. The summed E-state index contributed by atoms with van der Waals surface area (Å²) in [6, 6.07) is 7.61. The van der Waals surface area contributed by atoms with Crippen molar-refractivity contribution in [1.29, 1.82) is 0 Å². The lowest BCUT2D eigenvalue weighted by atomic mass is 10.0. The van der Waals surface area contributed by atoms with Crippen molar-refractivity contribution in [3.63, 3.8) is 0 Å². The highest BCUT2D eigenvalue weighted by Gasteiger charge is 2.31. The van der Waals surface area contributed by atoms with Gasteiger partial charge in [0.1, 0.15) is 12.3 Å². The third-order valence-electron chi connectivity index (χ3n) is 4.29. The molecule has 0 unspecified atom stereocenters. The lowest BCUT2D eigenvalue weighted by Gasteiger charge is -2.12. The van der Waals surface area contributed by atoms with Gasteiger partial charge >= 0.3 is 6.18 Å². The highest BCUT2D eigenvalue weighted by molar-refractivity contribution is 6.32. The van der Waals surface area contributed by atoms with Crippen molar-refractivity contribution in [2.75, 3.05) is 7.11 Å². The molecule has 0 radical (unpaired) electrons. The first-order valence-corrected chi connectivity index (χ1v) is 9.56. The van der Waals surface area contributed by atoms with Gasteiger partial charge in [0.05, 0.1) is 23.3 Å². The Morgan fingerprint density at radius 1 is 1.16 bits per heavy atom. The SMILES string of the molecule is COc1ncc(Cl)c(C)c1C(=O)c1cccc(OCc2cc(Cl)cc(C(F)(F)F)c2)n1. The summed E-state index contributed by atoms with van der Waals surface area (Å²) in [5, 5.41) is 0.222. The quantitative estimate of drug-likeness (QED) is 0.417. The molecule has 0 amide bonds. The van der Waals surface area contributed by atoms with E-state index in [-0.39, 0.29) is 45.2 Å². The Kier molecular flexibility index (Phi) is 6.71. The van der Waals surface area contributed by atoms with Crippen molar-refractivity contribution in [1.82, 2.24) is 9.97 Å². The fraction of sp³-hybridized carbons (Fsp3) is 0.190. The summed E-state index contributed by atoms with van der Waals surface area (Å²) in [6.07, 6.45) is -3.16. The number of aromatic nitrogens is 2. The normalized spacial score (nSPS) is 11.3. The molecule has 1 aromatic carbocycles. The second-order valence-corrected chi connectivity index (χ2v) is 7.28. The molecule has 3 aromatic rings. The number of pyridine rings is 2. The molecule has 0 bridgehead atoms. The Morgan fingerprint density at radius 3 is 2.58 bits per heavy atom. The third kappa shape index (κ3) is 5.26. The van der Waals surface area contributed by atoms with Crippen LogP contribution >= 0.6 is 23.2 Å². The average molecular weight is 471 g/mol. The predicted molar refractivity (Wildman–Crippen MR) is 109 cm³/mol. The van der Waals surface area contributed by atoms with Crippen LogP contribution in [-0.4, -0.2) is 22.9 Å². The summed E-state index contributed by atoms with van der Waals surface area (Å²) in [4.78, 5) is 21.1. The Morgan fingerprint density at radius 2 is 1.90 bits per heavy atom. The van der Waals surface area contributed by atoms with Gasteiger partial charge in [-0.05, 0) is 42.3 Å². The Balaban J connectivity index is 1.85. The van der Waals surface area contributed by atoms with Gasteiger partial charge < -0.3 is 9.47 Å². The summed E-state index contributed by atoms with van der Waals surface area (Å²) in [7, 11) is 1.37. The standard InChI is InChI=1S/C21H15Cl2F3N2O3/c1-11-15(23)9-27-20(30-2)18(11)19(29)16-4-3-5-17(28-16)31-10-12-6-13(21(24,25)26)8-14(22)7-12/h3-9H,10H2,1-2H3. The van der Waals surface area contributed by atoms with Gasteiger partial charge in [-0.25, -0.2) is 9.97 Å². The average Bonchev–Trinajstić information content (AvgIpc) is 2.73. The molecule has 0 atom stereocenters. The maximum absolute atomic E-state index is 13.0. The maximum atomic E-state index is 13.0. The largest absolute Gasteiger partial charge is 0.480 e. The maximum Gasteiger partial charge on any atom is 0.416 e. The van der Waals surface area contributed by atoms with Crippen molar-refractivity contribution < 1.29 is 27.4 Å². The van der Waals surface area contributed by atoms with Crippen molar-refractivity contribution in [3.05, 3.63) is 80.6 Å². The molecule has 0 spiro atoms. The highest BCUT2D eigenvalue weighted by atomic mass is 35.5. The Hall–Kier alpha value is -2.84. The van der Waals surface area contributed by atoms with Crippen LogP contribution in [0.25, 0.3) is 0 Å². The van der Waals surface area contributed by atoms with Crippen LogP contribution in [0.3, 0.4) is 0 Å². The smallest absolute Gasteiger partial charge is 0.416 e. The summed E-state index contributed by atoms with van der Waals surface area (Å²) >= 11 is 11.9. The Bertz CT molecular complexity index is 1140. The van der Waals surface area contributed by atoms with E-state index < -0.39 is 17.5 Å². The number of hydrogen-bond donors (Lipinski definition) is 0. The third-order valence-corrected chi connectivity index (χ3v) is 4.89. The number of carbonyl (C=O) groups is 1. The molecule has 2 heterocycles. The van der Waals surface area contributed by atoms with E-state index in [0.29, 0.717) is 5.56 Å². The van der Waals surface area contributed by atoms with Crippen LogP contribution in [0.2, 0.25) is 10.0 Å². The summed E-state index contributed by atoms with van der Waals surface area (Å²) in [5.41, 5.74) is -0.0129. The van der Waals surface area contributed by atoms with Crippen molar-refractivity contribution in [2.24, 2.45) is 0 Å². The number of alkyl halides is 3. The number of methoxy groups -OCH3 is 1. The molecule has 0 N–H and O–H groups in total. The zero-order valence-corrected chi connectivity index (χ0v) is 17.8. The number of rotatable bonds is 6. The molecule has 0 fully saturated rings. The molecule has 0 saturated heterocycles. The van der Waals surface area contributed by atoms with E-state index in [1.165, 1.54) is 37.6 Å². The van der Waals surface area contributed by atoms with Gasteiger partial charge in [0.2, 0.25) is 17.5 Å². The molecule has 10 heteroatoms. The van der Waals surface area contributed by atoms with E-state index in [9.17, 15) is 18.0 Å². The number of halogens is 5. The summed E-state index contributed by atoms with van der Waals surface area (Å²) < 4.78 is 49.5. The molecule has 0 aliphatic heterocycles. The van der Waals surface area contributed by atoms with Crippen LogP contribution < -0.4 is 9.47 Å². The number of ketones is 1. The number of nitrogens with zero attached hydrogens (tertiary/aromatic N) is 2. The minimum Gasteiger partial charge on any atom is -0.480 e. The Labute approximate surface area is 185 Å². The second kappa shape index (κ2) is 9.11. The van der Waals surface area contributed by atoms with Gasteiger partial charge in [0.25, 0.3) is 0 Å². The highest BCUT2D eigenvalue weighted by Crippen LogP contribution is 2.32. The first kappa shape index (κ1) is 22.8. The zero-order chi connectivity index (χ0) is 22.8. The lowest BCUT2D eigenvalue weighted by molar-refractivity contribution is -0.137. The topological polar surface area (TPSA) is 61.3 Å². The fourth-order valence-electron chi connectivity index (χ4n) is 2.78. The van der Waals surface area contributed by atoms with Crippen LogP contribution in [0.15, 0.2) is 42.6 Å². The minimum atomic E-state index is -4.54. The van der Waals surface area contributed by atoms with Gasteiger partial charge in [-0.3, -0.25) is 4.79 Å². The molecular weight excluding hydrogens is 456 g/mol. The molecular formula is C21H15Cl2F3N2O3. The number of carbonyl (C=O) groups excluding carboxylic acids is 1. The van der Waals surface area contributed by atoms with Crippen molar-refractivity contribution >= 4 is 29.0 Å². The summed E-state index contributed by atoms with van der Waals surface area (Å²) in [5.74, 6) is -0.346. The molecule has 162 valence electrons. The van der Waals surface area contributed by atoms with Gasteiger partial charge in [0, 0.05) is 17.3 Å². The van der Waals surface area contributed by atoms with Crippen LogP contribution in [-0.2, 0) is 12.8 Å². The molecule has 0 saturated carbocycles. The van der Waals surface area contributed by atoms with Crippen molar-refractivity contribution in [3.8, 4) is 11.8 Å². The van der Waals surface area contributed by atoms with Crippen LogP contribution in [0.5, 0.6) is 11.8 Å². The molecule has 0 aliphatic rings. The first-order valence-electron chi connectivity index (χ1n) is 8.80. The molecule has 5 nitrogen and oxygen atoms in total. The van der Waals surface area contributed by atoms with Crippen LogP contribution in [0.4, 0.5) is 13.2 Å². The van der Waals surface area contributed by atoms with E-state index >= 15 is 0 Å². The molecule has 3 rings (SSSR count). The van der Waals surface area contributed by atoms with Gasteiger partial charge in [-0.2, -0.15) is 13.2 Å². The number of benzene rings is 1. The fourth-order valence-corrected chi connectivity index (χ4v) is 3.18. The molecule has 0 aliphatic carbocycles.